The Labute approximate surface area is 155 Å². The molecule has 0 aliphatic heterocycles. The fraction of sp³-hybridized carbons (Fsp3) is 0.435. The molecule has 2 aromatic carbocycles. The third-order valence-corrected chi connectivity index (χ3v) is 5.46. The van der Waals surface area contributed by atoms with Gasteiger partial charge >= 0.3 is 0 Å². The van der Waals surface area contributed by atoms with Gasteiger partial charge in [-0.05, 0) is 68.7 Å². The Kier molecular flexibility index (Phi) is 4.58. The summed E-state index contributed by atoms with van der Waals surface area (Å²) in [6, 6.07) is 14.5. The molecule has 26 heavy (non-hydrogen) atoms. The summed E-state index contributed by atoms with van der Waals surface area (Å²) in [6.07, 6.45) is 4.45. The van der Waals surface area contributed by atoms with E-state index in [1.165, 1.54) is 24.0 Å². The average Bonchev–Trinajstić information content (AvgIpc) is 3.49. The molecule has 1 N–H and O–H groups in total. The van der Waals surface area contributed by atoms with Crippen LogP contribution in [0.1, 0.15) is 47.9 Å². The minimum Gasteiger partial charge on any atom is -0.376 e. The van der Waals surface area contributed by atoms with Crippen LogP contribution in [0.3, 0.4) is 0 Å². The Bertz CT molecular complexity index is 798. The average molecular weight is 349 g/mol. The summed E-state index contributed by atoms with van der Waals surface area (Å²) >= 11 is 0. The van der Waals surface area contributed by atoms with E-state index in [0.29, 0.717) is 6.61 Å². The number of amides is 1. The van der Waals surface area contributed by atoms with E-state index in [9.17, 15) is 4.79 Å². The third kappa shape index (κ3) is 3.83. The first kappa shape index (κ1) is 17.3. The summed E-state index contributed by atoms with van der Waals surface area (Å²) in [5.74, 6) is 0.879. The number of hydrogen-bond donors (Lipinski definition) is 1. The summed E-state index contributed by atoms with van der Waals surface area (Å²) in [4.78, 5) is 13.0. The second-order valence-corrected chi connectivity index (χ2v) is 8.07. The van der Waals surface area contributed by atoms with Crippen molar-refractivity contribution in [3.63, 3.8) is 0 Å². The molecule has 0 unspecified atom stereocenters. The number of ether oxygens (including phenoxy) is 1. The zero-order chi connectivity index (χ0) is 18.1. The fourth-order valence-corrected chi connectivity index (χ4v) is 3.64. The van der Waals surface area contributed by atoms with Gasteiger partial charge in [0.25, 0.3) is 0 Å². The highest BCUT2D eigenvalue weighted by molar-refractivity contribution is 6.01. The van der Waals surface area contributed by atoms with Crippen LogP contribution in [0.4, 0.5) is 5.69 Å². The van der Waals surface area contributed by atoms with E-state index in [4.69, 9.17) is 4.74 Å². The highest BCUT2D eigenvalue weighted by Crippen LogP contribution is 2.49. The zero-order valence-corrected chi connectivity index (χ0v) is 15.7. The molecule has 2 fully saturated rings. The van der Waals surface area contributed by atoms with Gasteiger partial charge in [-0.15, -0.1) is 0 Å². The molecule has 0 spiro atoms. The minimum absolute atomic E-state index is 0.110. The van der Waals surface area contributed by atoms with Crippen molar-refractivity contribution in [2.75, 3.05) is 11.9 Å². The van der Waals surface area contributed by atoms with Gasteiger partial charge in [0.2, 0.25) is 5.91 Å². The Morgan fingerprint density at radius 1 is 1.12 bits per heavy atom. The molecular formula is C23H27NO2. The van der Waals surface area contributed by atoms with Crippen molar-refractivity contribution >= 4 is 11.6 Å². The first-order valence-electron chi connectivity index (χ1n) is 9.62. The summed E-state index contributed by atoms with van der Waals surface area (Å²) in [7, 11) is 0. The molecule has 0 radical (unpaired) electrons. The quantitative estimate of drug-likeness (QED) is 0.772. The van der Waals surface area contributed by atoms with Gasteiger partial charge in [-0.2, -0.15) is 0 Å². The Balaban J connectivity index is 1.44. The molecule has 3 nitrogen and oxygen atoms in total. The highest BCUT2D eigenvalue weighted by atomic mass is 16.5. The molecule has 1 amide bonds. The van der Waals surface area contributed by atoms with Crippen LogP contribution in [-0.2, 0) is 21.6 Å². The molecule has 2 aliphatic carbocycles. The topological polar surface area (TPSA) is 38.3 Å². The van der Waals surface area contributed by atoms with Crippen molar-refractivity contribution in [1.29, 1.82) is 0 Å². The summed E-state index contributed by atoms with van der Waals surface area (Å²) < 4.78 is 5.77. The lowest BCUT2D eigenvalue weighted by molar-refractivity contribution is -0.118. The lowest BCUT2D eigenvalue weighted by Crippen LogP contribution is -2.28. The number of carbonyl (C=O) groups is 1. The monoisotopic (exact) mass is 349 g/mol. The molecule has 0 aromatic heterocycles. The van der Waals surface area contributed by atoms with Crippen molar-refractivity contribution in [2.45, 2.75) is 51.6 Å². The van der Waals surface area contributed by atoms with Gasteiger partial charge in [-0.3, -0.25) is 4.79 Å². The normalized spacial score (nSPS) is 17.8. The van der Waals surface area contributed by atoms with Gasteiger partial charge in [0.05, 0.1) is 12.0 Å². The second kappa shape index (κ2) is 6.88. The third-order valence-electron chi connectivity index (χ3n) is 5.46. The van der Waals surface area contributed by atoms with E-state index < -0.39 is 0 Å². The lowest BCUT2D eigenvalue weighted by atomic mass is 9.92. The first-order chi connectivity index (χ1) is 12.5. The molecule has 0 atom stereocenters. The molecule has 3 heteroatoms. The number of aryl methyl sites for hydroxylation is 2. The van der Waals surface area contributed by atoms with Crippen LogP contribution >= 0.6 is 0 Å². The van der Waals surface area contributed by atoms with Gasteiger partial charge < -0.3 is 10.1 Å². The van der Waals surface area contributed by atoms with Crippen LogP contribution < -0.4 is 5.32 Å². The van der Waals surface area contributed by atoms with Gasteiger partial charge in [0, 0.05) is 12.3 Å². The fourth-order valence-electron chi connectivity index (χ4n) is 3.64. The van der Waals surface area contributed by atoms with E-state index >= 15 is 0 Å². The Hall–Kier alpha value is -2.13. The number of carbonyl (C=O) groups excluding carboxylic acids is 1. The van der Waals surface area contributed by atoms with Gasteiger partial charge in [0.15, 0.2) is 0 Å². The van der Waals surface area contributed by atoms with Gasteiger partial charge in [-0.25, -0.2) is 0 Å². The van der Waals surface area contributed by atoms with Crippen molar-refractivity contribution in [1.82, 2.24) is 0 Å². The molecule has 2 aromatic rings. The number of anilines is 1. The zero-order valence-electron chi connectivity index (χ0n) is 15.7. The lowest BCUT2D eigenvalue weighted by Gasteiger charge is -2.17. The molecule has 2 saturated carbocycles. The Morgan fingerprint density at radius 3 is 2.50 bits per heavy atom. The van der Waals surface area contributed by atoms with Crippen LogP contribution in [0.2, 0.25) is 0 Å². The maximum Gasteiger partial charge on any atom is 0.235 e. The van der Waals surface area contributed by atoms with Crippen molar-refractivity contribution < 1.29 is 9.53 Å². The van der Waals surface area contributed by atoms with E-state index in [-0.39, 0.29) is 11.3 Å². The number of rotatable bonds is 7. The van der Waals surface area contributed by atoms with Crippen LogP contribution in [0, 0.1) is 19.8 Å². The molecular weight excluding hydrogens is 322 g/mol. The van der Waals surface area contributed by atoms with E-state index in [1.807, 2.05) is 18.2 Å². The molecule has 0 saturated heterocycles. The SMILES string of the molecule is Cc1cc(C)cc(C2(C(=O)Nc3cccc(COCC4CC4)c3)CC2)c1. The maximum atomic E-state index is 13.0. The second-order valence-electron chi connectivity index (χ2n) is 8.07. The Morgan fingerprint density at radius 2 is 1.85 bits per heavy atom. The molecule has 2 aliphatic rings. The maximum absolute atomic E-state index is 13.0. The van der Waals surface area contributed by atoms with E-state index in [1.54, 1.807) is 0 Å². The van der Waals surface area contributed by atoms with Crippen LogP contribution in [0.5, 0.6) is 0 Å². The number of nitrogens with one attached hydrogen (secondary N) is 1. The van der Waals surface area contributed by atoms with E-state index in [2.05, 4.69) is 43.4 Å². The summed E-state index contributed by atoms with van der Waals surface area (Å²) in [5, 5.41) is 3.14. The van der Waals surface area contributed by atoms with Crippen LogP contribution in [0.25, 0.3) is 0 Å². The van der Waals surface area contributed by atoms with Crippen LogP contribution in [-0.4, -0.2) is 12.5 Å². The van der Waals surface area contributed by atoms with Crippen molar-refractivity contribution in [2.24, 2.45) is 5.92 Å². The molecule has 4 rings (SSSR count). The standard InChI is InChI=1S/C23H27NO2/c1-16-10-17(2)12-20(11-16)23(8-9-23)22(25)24-21-5-3-4-19(13-21)15-26-14-18-6-7-18/h3-5,10-13,18H,6-9,14-15H2,1-2H3,(H,24,25). The largest absolute Gasteiger partial charge is 0.376 e. The smallest absolute Gasteiger partial charge is 0.235 e. The van der Waals surface area contributed by atoms with Gasteiger partial charge in [-0.1, -0.05) is 41.5 Å². The van der Waals surface area contributed by atoms with Gasteiger partial charge in [0.1, 0.15) is 0 Å². The number of hydrogen-bond acceptors (Lipinski definition) is 2. The first-order valence-corrected chi connectivity index (χ1v) is 9.62. The predicted molar refractivity (Wildman–Crippen MR) is 104 cm³/mol. The minimum atomic E-state index is -0.352. The number of benzene rings is 2. The van der Waals surface area contributed by atoms with Crippen molar-refractivity contribution in [3.05, 3.63) is 64.7 Å². The summed E-state index contributed by atoms with van der Waals surface area (Å²) in [6.45, 7) is 5.65. The molecule has 0 heterocycles. The highest BCUT2D eigenvalue weighted by Gasteiger charge is 2.51. The van der Waals surface area contributed by atoms with Crippen molar-refractivity contribution in [3.8, 4) is 0 Å². The predicted octanol–water partition coefficient (Wildman–Crippen LogP) is 4.90. The summed E-state index contributed by atoms with van der Waals surface area (Å²) in [5.41, 5.74) is 5.20. The van der Waals surface area contributed by atoms with E-state index in [0.717, 1.165) is 42.2 Å². The molecule has 136 valence electrons. The molecule has 0 bridgehead atoms. The van der Waals surface area contributed by atoms with Crippen LogP contribution in [0.15, 0.2) is 42.5 Å².